The smallest absolute Gasteiger partial charge is 0.290 e. The molecule has 2 aliphatic rings. The lowest BCUT2D eigenvalue weighted by molar-refractivity contribution is -0.136. The molecule has 2 aromatic rings. The fourth-order valence-electron chi connectivity index (χ4n) is 4.59. The maximum absolute atomic E-state index is 13.9. The highest BCUT2D eigenvalue weighted by Gasteiger charge is 2.48. The molecule has 0 aliphatic carbocycles. The first kappa shape index (κ1) is 21.9. The van der Waals surface area contributed by atoms with E-state index in [0.717, 1.165) is 25.2 Å². The lowest BCUT2D eigenvalue weighted by atomic mass is 9.89. The Balaban J connectivity index is 0.000000806. The molecule has 30 heavy (non-hydrogen) atoms. The Morgan fingerprint density at radius 2 is 2.00 bits per heavy atom. The number of pyridine rings is 1. The zero-order valence-corrected chi connectivity index (χ0v) is 16.9. The van der Waals surface area contributed by atoms with Gasteiger partial charge in [-0.1, -0.05) is 12.1 Å². The molecule has 1 aromatic carbocycles. The molecule has 3 heterocycles. The summed E-state index contributed by atoms with van der Waals surface area (Å²) in [7, 11) is 1.53. The third-order valence-corrected chi connectivity index (χ3v) is 5.67. The summed E-state index contributed by atoms with van der Waals surface area (Å²) in [5.41, 5.74) is 2.11. The molecule has 0 bridgehead atoms. The van der Waals surface area contributed by atoms with Crippen LogP contribution in [0.15, 0.2) is 48.8 Å². The van der Waals surface area contributed by atoms with E-state index in [4.69, 9.17) is 14.6 Å². The highest BCUT2D eigenvalue weighted by molar-refractivity contribution is 5.78. The van der Waals surface area contributed by atoms with Gasteiger partial charge in [0.2, 0.25) is 5.91 Å². The maximum Gasteiger partial charge on any atom is 0.290 e. The van der Waals surface area contributed by atoms with Gasteiger partial charge >= 0.3 is 0 Å². The molecule has 1 amide bonds. The second-order valence-corrected chi connectivity index (χ2v) is 7.56. The first-order valence-corrected chi connectivity index (χ1v) is 9.80. The molecule has 2 saturated heterocycles. The average Bonchev–Trinajstić information content (AvgIpc) is 3.27. The van der Waals surface area contributed by atoms with E-state index in [0.29, 0.717) is 18.4 Å². The van der Waals surface area contributed by atoms with Crippen molar-refractivity contribution in [1.29, 1.82) is 0 Å². The van der Waals surface area contributed by atoms with Crippen LogP contribution in [0.3, 0.4) is 0 Å². The minimum absolute atomic E-state index is 0.0261. The molecular weight excluding hydrogens is 389 g/mol. The number of benzene rings is 1. The number of amides is 1. The molecule has 2 aliphatic heterocycles. The Morgan fingerprint density at radius 1 is 1.27 bits per heavy atom. The third-order valence-electron chi connectivity index (χ3n) is 5.67. The van der Waals surface area contributed by atoms with Gasteiger partial charge in [0.15, 0.2) is 0 Å². The van der Waals surface area contributed by atoms with Crippen LogP contribution in [0, 0.1) is 17.7 Å². The van der Waals surface area contributed by atoms with Crippen molar-refractivity contribution in [2.24, 2.45) is 11.8 Å². The number of likely N-dealkylation sites (tertiary alicyclic amines) is 2. The Labute approximate surface area is 175 Å². The van der Waals surface area contributed by atoms with Crippen molar-refractivity contribution in [2.45, 2.75) is 12.6 Å². The number of aromatic nitrogens is 1. The van der Waals surface area contributed by atoms with Gasteiger partial charge in [-0.2, -0.15) is 0 Å². The van der Waals surface area contributed by atoms with Crippen molar-refractivity contribution in [2.75, 3.05) is 33.4 Å². The van der Waals surface area contributed by atoms with Gasteiger partial charge in [0.05, 0.1) is 6.04 Å². The number of hydrogen-bond acceptors (Lipinski definition) is 5. The van der Waals surface area contributed by atoms with Crippen LogP contribution in [0.4, 0.5) is 4.39 Å². The van der Waals surface area contributed by atoms with Crippen molar-refractivity contribution < 1.29 is 23.8 Å². The van der Waals surface area contributed by atoms with Crippen molar-refractivity contribution in [3.05, 3.63) is 65.7 Å². The maximum atomic E-state index is 13.9. The summed E-state index contributed by atoms with van der Waals surface area (Å²) in [5.74, 6) is 0.402. The minimum atomic E-state index is -0.262. The van der Waals surface area contributed by atoms with Gasteiger partial charge in [0, 0.05) is 51.6 Å². The van der Waals surface area contributed by atoms with Gasteiger partial charge in [-0.05, 0) is 41.3 Å². The van der Waals surface area contributed by atoms with Crippen molar-refractivity contribution in [3.63, 3.8) is 0 Å². The van der Waals surface area contributed by atoms with Crippen LogP contribution in [0.5, 0.6) is 0 Å². The summed E-state index contributed by atoms with van der Waals surface area (Å²) in [6.07, 6.45) is 3.62. The van der Waals surface area contributed by atoms with E-state index in [1.165, 1.54) is 18.7 Å². The van der Waals surface area contributed by atoms with Crippen molar-refractivity contribution in [3.8, 4) is 0 Å². The molecule has 3 atom stereocenters. The van der Waals surface area contributed by atoms with E-state index in [1.807, 2.05) is 35.5 Å². The van der Waals surface area contributed by atoms with Gasteiger partial charge in [0.1, 0.15) is 12.4 Å². The van der Waals surface area contributed by atoms with E-state index >= 15 is 0 Å². The highest BCUT2D eigenvalue weighted by Crippen LogP contribution is 2.45. The average molecular weight is 415 g/mol. The van der Waals surface area contributed by atoms with E-state index in [-0.39, 0.29) is 30.8 Å². The fourth-order valence-corrected chi connectivity index (χ4v) is 4.59. The number of rotatable bonds is 5. The fraction of sp³-hybridized carbons (Fsp3) is 0.409. The molecular formula is C22H26FN3O4. The number of nitrogens with zero attached hydrogens (tertiary/aromatic N) is 3. The molecule has 4 rings (SSSR count). The molecule has 0 unspecified atom stereocenters. The normalized spacial score (nSPS) is 22.9. The van der Waals surface area contributed by atoms with Crippen LogP contribution >= 0.6 is 0 Å². The predicted molar refractivity (Wildman–Crippen MR) is 108 cm³/mol. The van der Waals surface area contributed by atoms with Crippen LogP contribution in [0.25, 0.3) is 0 Å². The SMILES string of the molecule is COCC(=O)N1C[C@H]2CN(Cc3ccncc3)C[C@H]2[C@@H]1c1cccc(F)c1.O=CO. The molecule has 8 heteroatoms. The quantitative estimate of drug-likeness (QED) is 0.754. The summed E-state index contributed by atoms with van der Waals surface area (Å²) < 4.78 is 18.9. The number of hydrogen-bond donors (Lipinski definition) is 1. The van der Waals surface area contributed by atoms with Crippen LogP contribution in [0.1, 0.15) is 17.2 Å². The molecule has 0 saturated carbocycles. The molecule has 0 spiro atoms. The first-order valence-electron chi connectivity index (χ1n) is 9.80. The van der Waals surface area contributed by atoms with Crippen LogP contribution < -0.4 is 0 Å². The van der Waals surface area contributed by atoms with Gasteiger partial charge < -0.3 is 14.7 Å². The van der Waals surface area contributed by atoms with Crippen LogP contribution in [-0.2, 0) is 20.9 Å². The number of carbonyl (C=O) groups is 2. The number of fused-ring (bicyclic) bond motifs is 1. The molecule has 7 nitrogen and oxygen atoms in total. The summed E-state index contributed by atoms with van der Waals surface area (Å²) in [6.45, 7) is 3.21. The predicted octanol–water partition coefficient (Wildman–Crippen LogP) is 2.20. The number of methoxy groups -OCH3 is 1. The lowest BCUT2D eigenvalue weighted by Gasteiger charge is -2.30. The zero-order valence-electron chi connectivity index (χ0n) is 16.9. The Hall–Kier alpha value is -2.84. The minimum Gasteiger partial charge on any atom is -0.483 e. The zero-order chi connectivity index (χ0) is 21.5. The molecule has 160 valence electrons. The molecule has 2 fully saturated rings. The summed E-state index contributed by atoms with van der Waals surface area (Å²) in [4.78, 5) is 29.4. The van der Waals surface area contributed by atoms with E-state index < -0.39 is 0 Å². The largest absolute Gasteiger partial charge is 0.483 e. The van der Waals surface area contributed by atoms with Gasteiger partial charge in [-0.25, -0.2) is 4.39 Å². The second kappa shape index (κ2) is 10.3. The standard InChI is InChI=1S/C21H24FN3O2.CH2O2/c1-27-14-20(26)25-12-17-11-24(10-15-5-7-23-8-6-15)13-19(17)21(25)16-3-2-4-18(22)9-16;2-1-3/h2-9,17,19,21H,10-14H2,1H3;1H,(H,2,3)/t17-,19-,21+;/m1./s1. The monoisotopic (exact) mass is 415 g/mol. The highest BCUT2D eigenvalue weighted by atomic mass is 19.1. The topological polar surface area (TPSA) is 83.0 Å². The summed E-state index contributed by atoms with van der Waals surface area (Å²) in [6, 6.07) is 10.6. The summed E-state index contributed by atoms with van der Waals surface area (Å²) in [5, 5.41) is 6.89. The van der Waals surface area contributed by atoms with Crippen molar-refractivity contribution >= 4 is 12.4 Å². The van der Waals surface area contributed by atoms with Crippen LogP contribution in [-0.4, -0.2) is 65.6 Å². The number of ether oxygens (including phenoxy) is 1. The Bertz CT molecular complexity index is 851. The summed E-state index contributed by atoms with van der Waals surface area (Å²) >= 11 is 0. The molecule has 1 aromatic heterocycles. The number of carboxylic acid groups (broad SMARTS) is 1. The van der Waals surface area contributed by atoms with Gasteiger partial charge in [0.25, 0.3) is 6.47 Å². The van der Waals surface area contributed by atoms with Gasteiger partial charge in [-0.3, -0.25) is 19.5 Å². The number of carbonyl (C=O) groups excluding carboxylic acids is 1. The number of halogens is 1. The Morgan fingerprint density at radius 3 is 2.67 bits per heavy atom. The molecule has 0 radical (unpaired) electrons. The second-order valence-electron chi connectivity index (χ2n) is 7.56. The van der Waals surface area contributed by atoms with E-state index in [2.05, 4.69) is 9.88 Å². The van der Waals surface area contributed by atoms with Crippen molar-refractivity contribution in [1.82, 2.24) is 14.8 Å². The molecule has 1 N–H and O–H groups in total. The first-order chi connectivity index (χ1) is 14.6. The van der Waals surface area contributed by atoms with Gasteiger partial charge in [-0.15, -0.1) is 0 Å². The van der Waals surface area contributed by atoms with E-state index in [9.17, 15) is 9.18 Å². The third kappa shape index (κ3) is 5.01. The van der Waals surface area contributed by atoms with E-state index in [1.54, 1.807) is 12.1 Å². The lowest BCUT2D eigenvalue weighted by Crippen LogP contribution is -2.37. The Kier molecular flexibility index (Phi) is 7.48. The van der Waals surface area contributed by atoms with Crippen LogP contribution in [0.2, 0.25) is 0 Å².